The van der Waals surface area contributed by atoms with Gasteiger partial charge in [-0.3, -0.25) is 9.59 Å². The normalized spacial score (nSPS) is 12.4. The van der Waals surface area contributed by atoms with Crippen molar-refractivity contribution in [3.05, 3.63) is 36.5 Å². The maximum Gasteiger partial charge on any atom is 0.306 e. The average Bonchev–Trinajstić information content (AvgIpc) is 3.30. The second-order valence-electron chi connectivity index (χ2n) is 19.4. The molecular weight excluding hydrogens is 789 g/mol. The molecule has 0 aromatic heterocycles. The van der Waals surface area contributed by atoms with Crippen molar-refractivity contribution in [2.75, 3.05) is 13.2 Å². The molecule has 0 aromatic carbocycles. The molecule has 0 saturated carbocycles. The Kier molecular flexibility index (Phi) is 53.8. The Labute approximate surface area is 399 Å². The number of allylic oxidation sites excluding steroid dienone is 6. The lowest BCUT2D eigenvalue weighted by Gasteiger charge is -2.15. The van der Waals surface area contributed by atoms with Crippen molar-refractivity contribution in [2.24, 2.45) is 0 Å². The largest absolute Gasteiger partial charge is 0.462 e. The van der Waals surface area contributed by atoms with Gasteiger partial charge in [0.25, 0.3) is 0 Å². The zero-order valence-corrected chi connectivity index (χ0v) is 43.1. The van der Waals surface area contributed by atoms with E-state index in [-0.39, 0.29) is 25.2 Å². The van der Waals surface area contributed by atoms with Crippen LogP contribution >= 0.6 is 0 Å². The molecule has 376 valence electrons. The quantitative estimate of drug-likeness (QED) is 0.0374. The fourth-order valence-electron chi connectivity index (χ4n) is 8.57. The van der Waals surface area contributed by atoms with Crippen molar-refractivity contribution in [3.8, 4) is 0 Å². The number of unbranched alkanes of at least 4 members (excludes halogenated alkanes) is 39. The predicted molar refractivity (Wildman–Crippen MR) is 279 cm³/mol. The molecule has 5 nitrogen and oxygen atoms in total. The minimum Gasteiger partial charge on any atom is -0.462 e. The number of hydrogen-bond acceptors (Lipinski definition) is 5. The lowest BCUT2D eigenvalue weighted by Crippen LogP contribution is -2.28. The first-order chi connectivity index (χ1) is 31.6. The Balaban J connectivity index is 3.34. The summed E-state index contributed by atoms with van der Waals surface area (Å²) in [5.74, 6) is -0.589. The van der Waals surface area contributed by atoms with E-state index in [4.69, 9.17) is 9.47 Å². The molecular formula is C59H110O5. The molecule has 0 aliphatic heterocycles. The van der Waals surface area contributed by atoms with Crippen LogP contribution in [0.3, 0.4) is 0 Å². The van der Waals surface area contributed by atoms with Gasteiger partial charge >= 0.3 is 11.9 Å². The van der Waals surface area contributed by atoms with Crippen molar-refractivity contribution in [1.82, 2.24) is 0 Å². The van der Waals surface area contributed by atoms with Gasteiger partial charge in [0.2, 0.25) is 0 Å². The smallest absolute Gasteiger partial charge is 0.306 e. The second-order valence-corrected chi connectivity index (χ2v) is 19.4. The first-order valence-corrected chi connectivity index (χ1v) is 28.5. The molecule has 5 heteroatoms. The Morgan fingerprint density at radius 3 is 0.984 bits per heavy atom. The monoisotopic (exact) mass is 899 g/mol. The van der Waals surface area contributed by atoms with Gasteiger partial charge in [-0.15, -0.1) is 0 Å². The van der Waals surface area contributed by atoms with Gasteiger partial charge in [-0.2, -0.15) is 0 Å². The number of rotatable bonds is 53. The fourth-order valence-corrected chi connectivity index (χ4v) is 8.57. The second kappa shape index (κ2) is 55.4. The Morgan fingerprint density at radius 1 is 0.359 bits per heavy atom. The summed E-state index contributed by atoms with van der Waals surface area (Å²) in [6.45, 7) is 4.11. The minimum absolute atomic E-state index is 0.0658. The summed E-state index contributed by atoms with van der Waals surface area (Å²) in [4.78, 5) is 24.3. The van der Waals surface area contributed by atoms with Crippen molar-refractivity contribution in [3.63, 3.8) is 0 Å². The fraction of sp³-hybridized carbons (Fsp3) is 0.864. The number of carbonyl (C=O) groups excluding carboxylic acids is 2. The summed E-state index contributed by atoms with van der Waals surface area (Å²) in [6, 6.07) is 0. The maximum absolute atomic E-state index is 12.3. The van der Waals surface area contributed by atoms with E-state index in [2.05, 4.69) is 50.3 Å². The van der Waals surface area contributed by atoms with E-state index in [0.717, 1.165) is 51.4 Å². The topological polar surface area (TPSA) is 72.8 Å². The van der Waals surface area contributed by atoms with Gasteiger partial charge in [0.05, 0.1) is 6.61 Å². The third kappa shape index (κ3) is 52.7. The van der Waals surface area contributed by atoms with Crippen LogP contribution in [0.4, 0.5) is 0 Å². The molecule has 0 aromatic rings. The van der Waals surface area contributed by atoms with Crippen molar-refractivity contribution in [2.45, 2.75) is 315 Å². The molecule has 0 aliphatic rings. The minimum atomic E-state index is -0.771. The lowest BCUT2D eigenvalue weighted by molar-refractivity contribution is -0.161. The summed E-state index contributed by atoms with van der Waals surface area (Å²) in [7, 11) is 0. The van der Waals surface area contributed by atoms with Gasteiger partial charge in [-0.05, 0) is 64.2 Å². The third-order valence-corrected chi connectivity index (χ3v) is 12.9. The van der Waals surface area contributed by atoms with E-state index in [9.17, 15) is 14.7 Å². The molecule has 0 amide bonds. The Morgan fingerprint density at radius 2 is 0.641 bits per heavy atom. The van der Waals surface area contributed by atoms with Crippen LogP contribution in [-0.4, -0.2) is 36.4 Å². The van der Waals surface area contributed by atoms with Crippen LogP contribution < -0.4 is 0 Å². The first-order valence-electron chi connectivity index (χ1n) is 28.5. The van der Waals surface area contributed by atoms with Gasteiger partial charge in [0.1, 0.15) is 6.61 Å². The van der Waals surface area contributed by atoms with Crippen molar-refractivity contribution >= 4 is 11.9 Å². The third-order valence-electron chi connectivity index (χ3n) is 12.9. The summed E-state index contributed by atoms with van der Waals surface area (Å²) in [5.41, 5.74) is 0. The van der Waals surface area contributed by atoms with Crippen LogP contribution in [-0.2, 0) is 19.1 Å². The van der Waals surface area contributed by atoms with Crippen molar-refractivity contribution < 1.29 is 24.2 Å². The summed E-state index contributed by atoms with van der Waals surface area (Å²) >= 11 is 0. The molecule has 0 rings (SSSR count). The molecule has 0 spiro atoms. The van der Waals surface area contributed by atoms with E-state index < -0.39 is 6.10 Å². The number of ether oxygens (including phenoxy) is 2. The van der Waals surface area contributed by atoms with Crippen LogP contribution in [0.5, 0.6) is 0 Å². The van der Waals surface area contributed by atoms with E-state index in [1.54, 1.807) is 0 Å². The van der Waals surface area contributed by atoms with Crippen LogP contribution in [0, 0.1) is 0 Å². The first kappa shape index (κ1) is 62.1. The summed E-state index contributed by atoms with van der Waals surface area (Å²) < 4.78 is 10.6. The maximum atomic E-state index is 12.3. The molecule has 0 aliphatic carbocycles. The van der Waals surface area contributed by atoms with E-state index in [1.165, 1.54) is 231 Å². The van der Waals surface area contributed by atoms with Gasteiger partial charge in [0, 0.05) is 12.8 Å². The van der Waals surface area contributed by atoms with E-state index in [1.807, 2.05) is 0 Å². The highest BCUT2D eigenvalue weighted by Gasteiger charge is 2.16. The molecule has 1 N–H and O–H groups in total. The predicted octanol–water partition coefficient (Wildman–Crippen LogP) is 19.1. The number of aliphatic hydroxyl groups is 1. The van der Waals surface area contributed by atoms with E-state index in [0.29, 0.717) is 12.8 Å². The van der Waals surface area contributed by atoms with Crippen LogP contribution in [0.2, 0.25) is 0 Å². The lowest BCUT2D eigenvalue weighted by atomic mass is 10.0. The molecule has 0 heterocycles. The van der Waals surface area contributed by atoms with Gasteiger partial charge in [-0.25, -0.2) is 0 Å². The molecule has 0 bridgehead atoms. The van der Waals surface area contributed by atoms with E-state index >= 15 is 0 Å². The number of hydrogen-bond donors (Lipinski definition) is 1. The number of esters is 2. The van der Waals surface area contributed by atoms with Gasteiger partial charge in [0.15, 0.2) is 6.10 Å². The SMILES string of the molecule is CCCC/C=C\CCCCCCCC(=O)OCC(CO)OC(=O)CCCCCCCCCCCCCCCCCCCCCCCCCCCCC/C=C\C/C=C\CCCCCCC. The highest BCUT2D eigenvalue weighted by molar-refractivity contribution is 5.70. The van der Waals surface area contributed by atoms with Gasteiger partial charge < -0.3 is 14.6 Å². The zero-order valence-electron chi connectivity index (χ0n) is 43.1. The zero-order chi connectivity index (χ0) is 46.3. The van der Waals surface area contributed by atoms with Crippen LogP contribution in [0.15, 0.2) is 36.5 Å². The summed E-state index contributed by atoms with van der Waals surface area (Å²) in [5, 5.41) is 9.60. The molecule has 0 radical (unpaired) electrons. The van der Waals surface area contributed by atoms with Gasteiger partial charge in [-0.1, -0.05) is 269 Å². The molecule has 1 atom stereocenters. The van der Waals surface area contributed by atoms with Crippen molar-refractivity contribution in [1.29, 1.82) is 0 Å². The standard InChI is InChI=1S/C59H110O5/c1-3-5-7-9-11-13-15-16-17-18-19-20-21-22-23-24-25-26-27-28-29-30-31-32-33-34-35-36-37-38-39-40-41-42-44-46-48-50-52-54-59(62)64-57(55-60)56-63-58(61)53-51-49-47-45-43-14-12-10-8-6-4-2/h10,12,15-16,18-19,57,60H,3-9,11,13-14,17,20-56H2,1-2H3/b12-10-,16-15-,19-18-. The Bertz CT molecular complexity index is 1020. The molecule has 64 heavy (non-hydrogen) atoms. The number of aliphatic hydroxyl groups excluding tert-OH is 1. The molecule has 1 unspecified atom stereocenters. The van der Waals surface area contributed by atoms with Crippen LogP contribution in [0.25, 0.3) is 0 Å². The number of carbonyl (C=O) groups is 2. The highest BCUT2D eigenvalue weighted by Crippen LogP contribution is 2.17. The highest BCUT2D eigenvalue weighted by atomic mass is 16.6. The Hall–Kier alpha value is -1.88. The summed E-state index contributed by atoms with van der Waals surface area (Å²) in [6.07, 6.45) is 71.6. The molecule has 0 saturated heterocycles. The van der Waals surface area contributed by atoms with Crippen LogP contribution in [0.1, 0.15) is 309 Å². The molecule has 0 fully saturated rings. The average molecular weight is 900 g/mol.